The zero-order chi connectivity index (χ0) is 18.1. The Morgan fingerprint density at radius 2 is 1.76 bits per heavy atom. The van der Waals surface area contributed by atoms with E-state index in [-0.39, 0.29) is 11.4 Å². The molecule has 3 aromatic rings. The van der Waals surface area contributed by atoms with Crippen LogP contribution in [-0.2, 0) is 0 Å². The summed E-state index contributed by atoms with van der Waals surface area (Å²) >= 11 is 0. The Morgan fingerprint density at radius 3 is 2.44 bits per heavy atom. The number of nitrogens with zero attached hydrogens (tertiary/aromatic N) is 1. The highest BCUT2D eigenvalue weighted by Crippen LogP contribution is 2.32. The van der Waals surface area contributed by atoms with Crippen LogP contribution >= 0.6 is 0 Å². The summed E-state index contributed by atoms with van der Waals surface area (Å²) in [7, 11) is 0. The van der Waals surface area contributed by atoms with Crippen LogP contribution in [0, 0.1) is 20.8 Å². The highest BCUT2D eigenvalue weighted by Gasteiger charge is 2.17. The van der Waals surface area contributed by atoms with Gasteiger partial charge >= 0.3 is 5.63 Å². The maximum atomic E-state index is 11.9. The lowest BCUT2D eigenvalue weighted by Gasteiger charge is -2.12. The van der Waals surface area contributed by atoms with E-state index in [4.69, 9.17) is 4.42 Å². The minimum Gasteiger partial charge on any atom is -0.507 e. The summed E-state index contributed by atoms with van der Waals surface area (Å²) in [6, 6.07) is 11.4. The first-order valence-electron chi connectivity index (χ1n) is 8.02. The summed E-state index contributed by atoms with van der Waals surface area (Å²) in [5.74, 6) is 0.0648. The van der Waals surface area contributed by atoms with Gasteiger partial charge in [-0.3, -0.25) is 5.43 Å². The van der Waals surface area contributed by atoms with Gasteiger partial charge in [0, 0.05) is 22.1 Å². The Kier molecular flexibility index (Phi) is 4.31. The van der Waals surface area contributed by atoms with Gasteiger partial charge in [0.2, 0.25) is 0 Å². The molecule has 0 aliphatic rings. The van der Waals surface area contributed by atoms with E-state index >= 15 is 0 Å². The second kappa shape index (κ2) is 6.43. The van der Waals surface area contributed by atoms with Crippen LogP contribution in [0.2, 0.25) is 0 Å². The number of aromatic hydroxyl groups is 1. The number of nitrogens with one attached hydrogen (secondary N) is 1. The lowest BCUT2D eigenvalue weighted by atomic mass is 9.98. The van der Waals surface area contributed by atoms with Gasteiger partial charge in [-0.25, -0.2) is 4.79 Å². The molecule has 128 valence electrons. The summed E-state index contributed by atoms with van der Waals surface area (Å²) < 4.78 is 5.38. The van der Waals surface area contributed by atoms with Crippen molar-refractivity contribution in [2.45, 2.75) is 27.7 Å². The van der Waals surface area contributed by atoms with Crippen molar-refractivity contribution >= 4 is 22.4 Å². The average Bonchev–Trinajstić information content (AvgIpc) is 2.62. The quantitative estimate of drug-likeness (QED) is 0.426. The lowest BCUT2D eigenvalue weighted by Crippen LogP contribution is -2.08. The minimum absolute atomic E-state index is 0.0648. The van der Waals surface area contributed by atoms with Gasteiger partial charge in [-0.2, -0.15) is 5.10 Å². The van der Waals surface area contributed by atoms with Gasteiger partial charge in [-0.15, -0.1) is 0 Å². The van der Waals surface area contributed by atoms with Crippen LogP contribution in [-0.4, -0.2) is 10.8 Å². The van der Waals surface area contributed by atoms with Gasteiger partial charge in [-0.1, -0.05) is 18.2 Å². The molecule has 0 atom stereocenters. The molecule has 0 saturated carbocycles. The number of benzene rings is 2. The van der Waals surface area contributed by atoms with E-state index in [9.17, 15) is 9.90 Å². The maximum absolute atomic E-state index is 11.9. The lowest BCUT2D eigenvalue weighted by molar-refractivity contribution is 0.467. The molecular formula is C20H20N2O3. The Bertz CT molecular complexity index is 1030. The molecule has 0 radical (unpaired) electrons. The highest BCUT2D eigenvalue weighted by atomic mass is 16.4. The minimum atomic E-state index is -0.378. The van der Waals surface area contributed by atoms with Crippen molar-refractivity contribution in [2.24, 2.45) is 5.10 Å². The standard InChI is InChI=1S/C20H20N2O3/c1-11-12(2)20(24)25-19-13(3)18(23)17(10-16(11)19)14(4)21-22-15-8-6-5-7-9-15/h5-10,22-23H,1-4H3. The van der Waals surface area contributed by atoms with Gasteiger partial charge in [-0.05, 0) is 51.5 Å². The molecule has 0 amide bonds. The van der Waals surface area contributed by atoms with Gasteiger partial charge in [0.25, 0.3) is 0 Å². The van der Waals surface area contributed by atoms with Crippen LogP contribution in [0.5, 0.6) is 5.75 Å². The molecule has 5 nitrogen and oxygen atoms in total. The molecule has 0 aliphatic heterocycles. The number of phenolic OH excluding ortho intramolecular Hbond substituents is 1. The molecule has 1 aromatic heterocycles. The number of hydrogen-bond acceptors (Lipinski definition) is 5. The third-order valence-corrected chi connectivity index (χ3v) is 4.47. The maximum Gasteiger partial charge on any atom is 0.339 e. The van der Waals surface area contributed by atoms with Gasteiger partial charge in [0.15, 0.2) is 0 Å². The summed E-state index contributed by atoms with van der Waals surface area (Å²) in [6.45, 7) is 7.16. The molecule has 0 fully saturated rings. The zero-order valence-corrected chi connectivity index (χ0v) is 14.7. The number of phenols is 1. The second-order valence-electron chi connectivity index (χ2n) is 6.09. The van der Waals surface area contributed by atoms with Crippen molar-refractivity contribution in [3.63, 3.8) is 0 Å². The number of hydrogen-bond donors (Lipinski definition) is 2. The molecular weight excluding hydrogens is 316 g/mol. The second-order valence-corrected chi connectivity index (χ2v) is 6.09. The largest absolute Gasteiger partial charge is 0.507 e. The van der Waals surface area contributed by atoms with E-state index in [1.807, 2.05) is 50.2 Å². The Labute approximate surface area is 145 Å². The fourth-order valence-corrected chi connectivity index (χ4v) is 2.72. The first kappa shape index (κ1) is 16.8. The number of hydrazone groups is 1. The smallest absolute Gasteiger partial charge is 0.339 e. The van der Waals surface area contributed by atoms with E-state index in [0.29, 0.717) is 28.0 Å². The first-order valence-corrected chi connectivity index (χ1v) is 8.02. The molecule has 1 heterocycles. The van der Waals surface area contributed by atoms with Crippen LogP contribution in [0.1, 0.15) is 29.2 Å². The first-order chi connectivity index (χ1) is 11.9. The molecule has 0 spiro atoms. The Morgan fingerprint density at radius 1 is 1.08 bits per heavy atom. The Hall–Kier alpha value is -3.08. The van der Waals surface area contributed by atoms with Crippen molar-refractivity contribution in [1.29, 1.82) is 0 Å². The van der Waals surface area contributed by atoms with E-state index in [0.717, 1.165) is 16.6 Å². The Balaban J connectivity index is 2.13. The highest BCUT2D eigenvalue weighted by molar-refractivity contribution is 6.05. The van der Waals surface area contributed by atoms with Crippen molar-refractivity contribution in [3.05, 3.63) is 69.1 Å². The summed E-state index contributed by atoms with van der Waals surface area (Å²) in [5.41, 5.74) is 7.05. The molecule has 0 aliphatic carbocycles. The van der Waals surface area contributed by atoms with Crippen molar-refractivity contribution in [1.82, 2.24) is 0 Å². The van der Waals surface area contributed by atoms with Crippen molar-refractivity contribution in [2.75, 3.05) is 5.43 Å². The zero-order valence-electron chi connectivity index (χ0n) is 14.7. The third-order valence-electron chi connectivity index (χ3n) is 4.47. The molecule has 0 bridgehead atoms. The number of anilines is 1. The van der Waals surface area contributed by atoms with Crippen molar-refractivity contribution in [3.8, 4) is 5.75 Å². The van der Waals surface area contributed by atoms with E-state index in [1.54, 1.807) is 13.8 Å². The number of aryl methyl sites for hydroxylation is 2. The van der Waals surface area contributed by atoms with Gasteiger partial charge in [0.1, 0.15) is 11.3 Å². The number of fused-ring (bicyclic) bond motifs is 1. The monoisotopic (exact) mass is 336 g/mol. The molecule has 0 saturated heterocycles. The molecule has 25 heavy (non-hydrogen) atoms. The molecule has 0 unspecified atom stereocenters. The van der Waals surface area contributed by atoms with Crippen LogP contribution in [0.3, 0.4) is 0 Å². The fourth-order valence-electron chi connectivity index (χ4n) is 2.72. The topological polar surface area (TPSA) is 74.8 Å². The predicted molar refractivity (Wildman–Crippen MR) is 101 cm³/mol. The van der Waals surface area contributed by atoms with Gasteiger partial charge in [0.05, 0.1) is 11.4 Å². The molecule has 2 aromatic carbocycles. The summed E-state index contributed by atoms with van der Waals surface area (Å²) in [6.07, 6.45) is 0. The van der Waals surface area contributed by atoms with Crippen LogP contribution in [0.25, 0.3) is 11.0 Å². The summed E-state index contributed by atoms with van der Waals surface area (Å²) in [4.78, 5) is 11.9. The van der Waals surface area contributed by atoms with E-state index in [2.05, 4.69) is 10.5 Å². The third kappa shape index (κ3) is 3.01. The van der Waals surface area contributed by atoms with Crippen LogP contribution in [0.15, 0.2) is 50.7 Å². The van der Waals surface area contributed by atoms with Crippen LogP contribution in [0.4, 0.5) is 5.69 Å². The van der Waals surface area contributed by atoms with Gasteiger partial charge < -0.3 is 9.52 Å². The molecule has 5 heteroatoms. The summed E-state index contributed by atoms with van der Waals surface area (Å²) in [5, 5.41) is 15.7. The SMILES string of the molecule is CC(=NNc1ccccc1)c1cc2c(C)c(C)c(=O)oc2c(C)c1O. The van der Waals surface area contributed by atoms with E-state index in [1.165, 1.54) is 0 Å². The molecule has 3 rings (SSSR count). The van der Waals surface area contributed by atoms with E-state index < -0.39 is 0 Å². The van der Waals surface area contributed by atoms with Crippen LogP contribution < -0.4 is 11.1 Å². The predicted octanol–water partition coefficient (Wildman–Crippen LogP) is 4.26. The van der Waals surface area contributed by atoms with Crippen molar-refractivity contribution < 1.29 is 9.52 Å². The normalized spacial score (nSPS) is 11.8. The average molecular weight is 336 g/mol. The molecule has 2 N–H and O–H groups in total. The fraction of sp³-hybridized carbons (Fsp3) is 0.200. The number of para-hydroxylation sites is 1. The number of rotatable bonds is 3.